The summed E-state index contributed by atoms with van der Waals surface area (Å²) in [4.78, 5) is 35.7. The number of benzene rings is 2. The van der Waals surface area contributed by atoms with E-state index in [1.54, 1.807) is 32.4 Å². The maximum Gasteiger partial charge on any atom is 0.245 e. The second-order valence-electron chi connectivity index (χ2n) is 9.05. The number of hydrogen-bond acceptors (Lipinski definition) is 6. The van der Waals surface area contributed by atoms with Gasteiger partial charge in [0.1, 0.15) is 6.04 Å². The second kappa shape index (κ2) is 14.0. The van der Waals surface area contributed by atoms with Crippen LogP contribution in [0.5, 0.6) is 0 Å². The average molecular weight is 551 g/mol. The lowest BCUT2D eigenvalue weighted by Gasteiger charge is -2.39. The van der Waals surface area contributed by atoms with Crippen molar-refractivity contribution in [2.24, 2.45) is 0 Å². The molecule has 10 heteroatoms. The van der Waals surface area contributed by atoms with Gasteiger partial charge >= 0.3 is 0 Å². The normalized spacial score (nSPS) is 15.5. The molecule has 202 valence electrons. The summed E-state index contributed by atoms with van der Waals surface area (Å²) in [5.74, 6) is -0.362. The monoisotopic (exact) mass is 549 g/mol. The molecule has 37 heavy (non-hydrogen) atoms. The number of carbonyl (C=O) groups is 2. The summed E-state index contributed by atoms with van der Waals surface area (Å²) in [5.41, 5.74) is 3.08. The van der Waals surface area contributed by atoms with E-state index in [0.717, 1.165) is 17.8 Å². The summed E-state index contributed by atoms with van der Waals surface area (Å²) in [6.07, 6.45) is 0.286. The fourth-order valence-electron chi connectivity index (χ4n) is 4.75. The summed E-state index contributed by atoms with van der Waals surface area (Å²) in [5, 5.41) is 8.65. The van der Waals surface area contributed by atoms with Crippen molar-refractivity contribution in [3.05, 3.63) is 63.6 Å². The number of piperazine rings is 1. The molecule has 0 radical (unpaired) electrons. The molecule has 2 aromatic carbocycles. The molecule has 2 aromatic rings. The van der Waals surface area contributed by atoms with Crippen molar-refractivity contribution < 1.29 is 14.4 Å². The Kier molecular flexibility index (Phi) is 11.0. The smallest absolute Gasteiger partial charge is 0.245 e. The Bertz CT molecular complexity index is 1060. The number of carbonyl (C=O) groups excluding carboxylic acids is 2. The maximum atomic E-state index is 13.6. The fraction of sp³-hybridized carbons (Fsp3) is 0.481. The first kappa shape index (κ1) is 29.2. The zero-order chi connectivity index (χ0) is 26.9. The lowest BCUT2D eigenvalue weighted by atomic mass is 10.0. The van der Waals surface area contributed by atoms with E-state index in [-0.39, 0.29) is 30.8 Å². The van der Waals surface area contributed by atoms with Gasteiger partial charge in [-0.2, -0.15) is 5.06 Å². The van der Waals surface area contributed by atoms with Gasteiger partial charge in [-0.05, 0) is 43.3 Å². The van der Waals surface area contributed by atoms with E-state index >= 15 is 0 Å². The SMILES string of the molecule is CCN(OC)C(C)c1ccccc1N1CCN(C(=O)C(Cc2ccc(Cl)cc2Cl)NC(=O)CNC)CC1. The average Bonchev–Trinajstić information content (AvgIpc) is 2.90. The van der Waals surface area contributed by atoms with Crippen LogP contribution < -0.4 is 15.5 Å². The minimum Gasteiger partial charge on any atom is -0.368 e. The van der Waals surface area contributed by atoms with Crippen molar-refractivity contribution in [2.75, 3.05) is 58.3 Å². The number of rotatable bonds is 11. The highest BCUT2D eigenvalue weighted by Gasteiger charge is 2.30. The van der Waals surface area contributed by atoms with Gasteiger partial charge in [-0.25, -0.2) is 0 Å². The first-order valence-electron chi connectivity index (χ1n) is 12.6. The Morgan fingerprint density at radius 3 is 2.43 bits per heavy atom. The standard InChI is InChI=1S/C27H37Cl2N5O3/c1-5-34(37-4)19(2)22-8-6-7-9-25(22)32-12-14-33(15-13-32)27(36)24(31-26(35)18-30-3)16-20-10-11-21(28)17-23(20)29/h6-11,17,19,24,30H,5,12-16,18H2,1-4H3,(H,31,35). The third-order valence-corrected chi connectivity index (χ3v) is 7.29. The predicted molar refractivity (Wildman–Crippen MR) is 149 cm³/mol. The quantitative estimate of drug-likeness (QED) is 0.417. The van der Waals surface area contributed by atoms with Crippen LogP contribution in [0.25, 0.3) is 0 Å². The van der Waals surface area contributed by atoms with Gasteiger partial charge in [-0.15, -0.1) is 0 Å². The van der Waals surface area contributed by atoms with Crippen LogP contribution in [0.3, 0.4) is 0 Å². The van der Waals surface area contributed by atoms with Crippen LogP contribution in [0.1, 0.15) is 31.0 Å². The van der Waals surface area contributed by atoms with Crippen LogP contribution in [0.15, 0.2) is 42.5 Å². The van der Waals surface area contributed by atoms with E-state index in [2.05, 4.69) is 41.5 Å². The Balaban J connectivity index is 1.73. The number of likely N-dealkylation sites (N-methyl/N-ethyl adjacent to an activating group) is 1. The largest absolute Gasteiger partial charge is 0.368 e. The number of nitrogens with zero attached hydrogens (tertiary/aromatic N) is 3. The van der Waals surface area contributed by atoms with E-state index < -0.39 is 6.04 Å². The molecule has 2 amide bonds. The molecule has 2 N–H and O–H groups in total. The molecule has 1 heterocycles. The molecule has 0 aromatic heterocycles. The number of para-hydroxylation sites is 1. The second-order valence-corrected chi connectivity index (χ2v) is 9.90. The zero-order valence-corrected chi connectivity index (χ0v) is 23.5. The zero-order valence-electron chi connectivity index (χ0n) is 22.0. The van der Waals surface area contributed by atoms with Gasteiger partial charge < -0.3 is 25.3 Å². The topological polar surface area (TPSA) is 77.2 Å². The molecule has 1 aliphatic rings. The maximum absolute atomic E-state index is 13.6. The van der Waals surface area contributed by atoms with Gasteiger partial charge in [-0.3, -0.25) is 9.59 Å². The Morgan fingerprint density at radius 1 is 1.11 bits per heavy atom. The predicted octanol–water partition coefficient (Wildman–Crippen LogP) is 3.53. The Morgan fingerprint density at radius 2 is 1.81 bits per heavy atom. The molecular formula is C27H37Cl2N5O3. The molecule has 2 atom stereocenters. The van der Waals surface area contributed by atoms with E-state index in [9.17, 15) is 9.59 Å². The highest BCUT2D eigenvalue weighted by Crippen LogP contribution is 2.31. The first-order valence-corrected chi connectivity index (χ1v) is 13.4. The van der Waals surface area contributed by atoms with Crippen LogP contribution >= 0.6 is 23.2 Å². The number of amides is 2. The molecule has 0 saturated carbocycles. The number of hydrogen-bond donors (Lipinski definition) is 2. The van der Waals surface area contributed by atoms with Crippen LogP contribution in [-0.2, 0) is 20.8 Å². The Hall–Kier alpha value is -2.36. The minimum absolute atomic E-state index is 0.0850. The number of halogens is 2. The molecule has 2 unspecified atom stereocenters. The molecule has 0 bridgehead atoms. The van der Waals surface area contributed by atoms with Crippen molar-refractivity contribution in [3.63, 3.8) is 0 Å². The van der Waals surface area contributed by atoms with Crippen molar-refractivity contribution in [3.8, 4) is 0 Å². The number of hydroxylamine groups is 2. The van der Waals surface area contributed by atoms with Crippen molar-refractivity contribution in [1.29, 1.82) is 0 Å². The van der Waals surface area contributed by atoms with Gasteiger partial charge in [0.25, 0.3) is 0 Å². The molecule has 1 saturated heterocycles. The summed E-state index contributed by atoms with van der Waals surface area (Å²) in [7, 11) is 3.38. The van der Waals surface area contributed by atoms with Crippen molar-refractivity contribution in [1.82, 2.24) is 20.6 Å². The summed E-state index contributed by atoms with van der Waals surface area (Å²) in [6, 6.07) is 12.9. The van der Waals surface area contributed by atoms with Crippen LogP contribution in [-0.4, -0.2) is 81.2 Å². The van der Waals surface area contributed by atoms with Crippen LogP contribution in [0.2, 0.25) is 10.0 Å². The van der Waals surface area contributed by atoms with E-state index in [4.69, 9.17) is 28.0 Å². The van der Waals surface area contributed by atoms with Gasteiger partial charge in [0.15, 0.2) is 0 Å². The van der Waals surface area contributed by atoms with E-state index in [0.29, 0.717) is 36.2 Å². The first-order chi connectivity index (χ1) is 17.8. The Labute approximate surface area is 229 Å². The van der Waals surface area contributed by atoms with Gasteiger partial charge in [-0.1, -0.05) is 54.4 Å². The van der Waals surface area contributed by atoms with Gasteiger partial charge in [0.05, 0.1) is 19.7 Å². The highest BCUT2D eigenvalue weighted by molar-refractivity contribution is 6.35. The van der Waals surface area contributed by atoms with Crippen molar-refractivity contribution in [2.45, 2.75) is 32.4 Å². The summed E-state index contributed by atoms with van der Waals surface area (Å²) in [6.45, 7) is 7.57. The summed E-state index contributed by atoms with van der Waals surface area (Å²) >= 11 is 12.4. The van der Waals surface area contributed by atoms with Crippen molar-refractivity contribution >= 4 is 40.7 Å². The number of nitrogens with one attached hydrogen (secondary N) is 2. The van der Waals surface area contributed by atoms with Crippen LogP contribution in [0, 0.1) is 0 Å². The highest BCUT2D eigenvalue weighted by atomic mass is 35.5. The third-order valence-electron chi connectivity index (χ3n) is 6.71. The fourth-order valence-corrected chi connectivity index (χ4v) is 5.23. The molecular weight excluding hydrogens is 513 g/mol. The minimum atomic E-state index is -0.724. The van der Waals surface area contributed by atoms with E-state index in [1.807, 2.05) is 22.1 Å². The van der Waals surface area contributed by atoms with Crippen LogP contribution in [0.4, 0.5) is 5.69 Å². The molecule has 3 rings (SSSR count). The lowest BCUT2D eigenvalue weighted by Crippen LogP contribution is -2.56. The van der Waals surface area contributed by atoms with Gasteiger partial charge in [0, 0.05) is 54.9 Å². The summed E-state index contributed by atoms with van der Waals surface area (Å²) < 4.78 is 0. The molecule has 0 spiro atoms. The van der Waals surface area contributed by atoms with Gasteiger partial charge in [0.2, 0.25) is 11.8 Å². The lowest BCUT2D eigenvalue weighted by molar-refractivity contribution is -0.155. The number of anilines is 1. The third kappa shape index (κ3) is 7.58. The molecule has 8 nitrogen and oxygen atoms in total. The molecule has 0 aliphatic carbocycles. The molecule has 1 fully saturated rings. The molecule has 1 aliphatic heterocycles. The van der Waals surface area contributed by atoms with E-state index in [1.165, 1.54) is 5.56 Å².